The molecule has 0 radical (unpaired) electrons. The number of pyridine rings is 1. The Bertz CT molecular complexity index is 471. The Kier molecular flexibility index (Phi) is 4.81. The van der Waals surface area contributed by atoms with Crippen LogP contribution in [0.15, 0.2) is 24.4 Å². The molecule has 4 heteroatoms. The first kappa shape index (κ1) is 15.4. The van der Waals surface area contributed by atoms with Gasteiger partial charge >= 0.3 is 0 Å². The molecule has 126 valence electrons. The molecule has 2 aliphatic heterocycles. The van der Waals surface area contributed by atoms with Crippen LogP contribution in [0.25, 0.3) is 0 Å². The topological polar surface area (TPSA) is 22.6 Å². The highest BCUT2D eigenvalue weighted by Crippen LogP contribution is 2.27. The number of hydrogen-bond donors (Lipinski definition) is 0. The normalized spacial score (nSPS) is 25.5. The van der Waals surface area contributed by atoms with Gasteiger partial charge in [0.1, 0.15) is 5.82 Å². The quantitative estimate of drug-likeness (QED) is 0.851. The third kappa shape index (κ3) is 3.69. The van der Waals surface area contributed by atoms with Crippen molar-refractivity contribution >= 4 is 5.82 Å². The highest BCUT2D eigenvalue weighted by molar-refractivity contribution is 5.38. The molecule has 0 aromatic carbocycles. The zero-order valence-corrected chi connectivity index (χ0v) is 14.2. The number of rotatable bonds is 4. The number of aromatic nitrogens is 1. The number of piperazine rings is 1. The van der Waals surface area contributed by atoms with Crippen molar-refractivity contribution in [1.29, 1.82) is 0 Å². The number of likely N-dealkylation sites (tertiary alicyclic amines) is 1. The predicted molar refractivity (Wildman–Crippen MR) is 94.8 cm³/mol. The molecule has 4 nitrogen and oxygen atoms in total. The minimum Gasteiger partial charge on any atom is -0.354 e. The molecule has 0 N–H and O–H groups in total. The highest BCUT2D eigenvalue weighted by atomic mass is 15.4. The molecule has 4 rings (SSSR count). The lowest BCUT2D eigenvalue weighted by atomic mass is 9.88. The fraction of sp³-hybridized carbons (Fsp3) is 0.737. The molecule has 1 aromatic rings. The SMILES string of the molecule is c1ccc(N2CCN(C3CN(CC4CCCCC4)C3)CC2)nc1. The summed E-state index contributed by atoms with van der Waals surface area (Å²) < 4.78 is 0. The maximum atomic E-state index is 4.48. The van der Waals surface area contributed by atoms with Crippen LogP contribution < -0.4 is 4.90 Å². The van der Waals surface area contributed by atoms with Crippen LogP contribution in [-0.4, -0.2) is 66.6 Å². The summed E-state index contributed by atoms with van der Waals surface area (Å²) >= 11 is 0. The molecule has 3 fully saturated rings. The van der Waals surface area contributed by atoms with Crippen LogP contribution in [0.5, 0.6) is 0 Å². The molecule has 23 heavy (non-hydrogen) atoms. The van der Waals surface area contributed by atoms with Gasteiger partial charge in [0.25, 0.3) is 0 Å². The van der Waals surface area contributed by atoms with E-state index in [0.29, 0.717) is 0 Å². The van der Waals surface area contributed by atoms with Crippen LogP contribution >= 0.6 is 0 Å². The van der Waals surface area contributed by atoms with Gasteiger partial charge in [0.15, 0.2) is 0 Å². The van der Waals surface area contributed by atoms with Crippen molar-refractivity contribution in [2.24, 2.45) is 5.92 Å². The molecule has 3 heterocycles. The predicted octanol–water partition coefficient (Wildman–Crippen LogP) is 2.47. The summed E-state index contributed by atoms with van der Waals surface area (Å²) in [5.41, 5.74) is 0. The van der Waals surface area contributed by atoms with Crippen molar-refractivity contribution in [2.45, 2.75) is 38.1 Å². The maximum Gasteiger partial charge on any atom is 0.128 e. The van der Waals surface area contributed by atoms with Gasteiger partial charge in [0.05, 0.1) is 0 Å². The summed E-state index contributed by atoms with van der Waals surface area (Å²) in [7, 11) is 0. The standard InChI is InChI=1S/C19H30N4/c1-2-6-17(7-3-1)14-21-15-18(16-21)22-10-12-23(13-11-22)19-8-4-5-9-20-19/h4-5,8-9,17-18H,1-3,6-7,10-16H2. The van der Waals surface area contributed by atoms with Gasteiger partial charge in [0.2, 0.25) is 0 Å². The van der Waals surface area contributed by atoms with Gasteiger partial charge in [-0.05, 0) is 30.9 Å². The van der Waals surface area contributed by atoms with E-state index in [0.717, 1.165) is 30.9 Å². The Morgan fingerprint density at radius 1 is 0.957 bits per heavy atom. The highest BCUT2D eigenvalue weighted by Gasteiger charge is 2.34. The Hall–Kier alpha value is -1.13. The summed E-state index contributed by atoms with van der Waals surface area (Å²) in [6.45, 7) is 8.61. The van der Waals surface area contributed by atoms with E-state index >= 15 is 0 Å². The molecule has 0 bridgehead atoms. The molecule has 1 aromatic heterocycles. The van der Waals surface area contributed by atoms with Crippen molar-refractivity contribution in [2.75, 3.05) is 50.7 Å². The maximum absolute atomic E-state index is 4.48. The van der Waals surface area contributed by atoms with Gasteiger partial charge in [-0.25, -0.2) is 4.98 Å². The van der Waals surface area contributed by atoms with E-state index in [1.807, 2.05) is 12.3 Å². The average molecular weight is 314 g/mol. The van der Waals surface area contributed by atoms with Gasteiger partial charge in [-0.2, -0.15) is 0 Å². The Morgan fingerprint density at radius 2 is 1.74 bits per heavy atom. The third-order valence-corrected chi connectivity index (χ3v) is 5.98. The second-order valence-corrected chi connectivity index (χ2v) is 7.59. The lowest BCUT2D eigenvalue weighted by Gasteiger charge is -2.49. The van der Waals surface area contributed by atoms with Crippen LogP contribution in [0.3, 0.4) is 0 Å². The molecular formula is C19H30N4. The van der Waals surface area contributed by atoms with Crippen molar-refractivity contribution in [3.05, 3.63) is 24.4 Å². The molecule has 3 aliphatic rings. The molecule has 1 aliphatic carbocycles. The summed E-state index contributed by atoms with van der Waals surface area (Å²) in [4.78, 5) is 12.3. The minimum absolute atomic E-state index is 0.810. The summed E-state index contributed by atoms with van der Waals surface area (Å²) in [5, 5.41) is 0. The van der Waals surface area contributed by atoms with E-state index in [1.54, 1.807) is 0 Å². The molecule has 0 unspecified atom stereocenters. The van der Waals surface area contributed by atoms with Gasteiger partial charge < -0.3 is 4.90 Å². The zero-order chi connectivity index (χ0) is 15.5. The lowest BCUT2D eigenvalue weighted by Crippen LogP contribution is -2.63. The van der Waals surface area contributed by atoms with Crippen molar-refractivity contribution < 1.29 is 0 Å². The largest absolute Gasteiger partial charge is 0.354 e. The Labute approximate surface area is 140 Å². The van der Waals surface area contributed by atoms with Gasteiger partial charge in [-0.1, -0.05) is 25.3 Å². The van der Waals surface area contributed by atoms with E-state index in [-0.39, 0.29) is 0 Å². The Morgan fingerprint density at radius 3 is 2.43 bits per heavy atom. The van der Waals surface area contributed by atoms with E-state index in [4.69, 9.17) is 0 Å². The summed E-state index contributed by atoms with van der Waals surface area (Å²) in [5.74, 6) is 2.13. The first-order chi connectivity index (χ1) is 11.4. The van der Waals surface area contributed by atoms with Crippen LogP contribution in [0.2, 0.25) is 0 Å². The average Bonchev–Trinajstić information content (AvgIpc) is 2.60. The molecule has 0 atom stereocenters. The van der Waals surface area contributed by atoms with Crippen LogP contribution in [0, 0.1) is 5.92 Å². The smallest absolute Gasteiger partial charge is 0.128 e. The van der Waals surface area contributed by atoms with Crippen molar-refractivity contribution in [1.82, 2.24) is 14.8 Å². The van der Waals surface area contributed by atoms with E-state index in [1.165, 1.54) is 64.8 Å². The first-order valence-corrected chi connectivity index (χ1v) is 9.51. The first-order valence-electron chi connectivity index (χ1n) is 9.51. The second kappa shape index (κ2) is 7.18. The van der Waals surface area contributed by atoms with E-state index in [2.05, 4.69) is 31.8 Å². The molecule has 2 saturated heterocycles. The van der Waals surface area contributed by atoms with Gasteiger partial charge in [-0.3, -0.25) is 9.80 Å². The van der Waals surface area contributed by atoms with E-state index in [9.17, 15) is 0 Å². The monoisotopic (exact) mass is 314 g/mol. The number of hydrogen-bond acceptors (Lipinski definition) is 4. The summed E-state index contributed by atoms with van der Waals surface area (Å²) in [6, 6.07) is 7.02. The van der Waals surface area contributed by atoms with Gasteiger partial charge in [-0.15, -0.1) is 0 Å². The number of anilines is 1. The fourth-order valence-electron chi connectivity index (χ4n) is 4.51. The summed E-state index contributed by atoms with van der Waals surface area (Å²) in [6.07, 6.45) is 9.26. The van der Waals surface area contributed by atoms with Crippen LogP contribution in [0.1, 0.15) is 32.1 Å². The van der Waals surface area contributed by atoms with Crippen molar-refractivity contribution in [3.63, 3.8) is 0 Å². The third-order valence-electron chi connectivity index (χ3n) is 5.98. The number of nitrogens with zero attached hydrogens (tertiary/aromatic N) is 4. The fourth-order valence-corrected chi connectivity index (χ4v) is 4.51. The molecule has 1 saturated carbocycles. The minimum atomic E-state index is 0.810. The zero-order valence-electron chi connectivity index (χ0n) is 14.2. The molecular weight excluding hydrogens is 284 g/mol. The Balaban J connectivity index is 1.19. The van der Waals surface area contributed by atoms with Crippen LogP contribution in [-0.2, 0) is 0 Å². The van der Waals surface area contributed by atoms with Crippen LogP contribution in [0.4, 0.5) is 5.82 Å². The van der Waals surface area contributed by atoms with Crippen molar-refractivity contribution in [3.8, 4) is 0 Å². The molecule has 0 spiro atoms. The second-order valence-electron chi connectivity index (χ2n) is 7.59. The lowest BCUT2D eigenvalue weighted by molar-refractivity contribution is 0.0173. The van der Waals surface area contributed by atoms with Gasteiger partial charge in [0, 0.05) is 58.1 Å². The molecule has 0 amide bonds. The van der Waals surface area contributed by atoms with E-state index < -0.39 is 0 Å².